The quantitative estimate of drug-likeness (QED) is 0.461. The number of hydrogen-bond donors (Lipinski definition) is 3. The number of aliphatic hydroxyl groups excluding tert-OH is 2. The molecule has 0 aliphatic rings. The van der Waals surface area contributed by atoms with Gasteiger partial charge in [0.05, 0.1) is 6.17 Å². The standard InChI is InChI=1S/C6H16N2O2/c1-4(7)8(5(2)9)6(3)10/h4-6,9-10H,7H2,1-3H3. The van der Waals surface area contributed by atoms with Crippen molar-refractivity contribution in [2.45, 2.75) is 39.4 Å². The molecule has 0 heterocycles. The van der Waals surface area contributed by atoms with E-state index in [-0.39, 0.29) is 6.17 Å². The fraction of sp³-hybridized carbons (Fsp3) is 1.00. The van der Waals surface area contributed by atoms with Gasteiger partial charge >= 0.3 is 0 Å². The number of nitrogens with two attached hydrogens (primary N) is 1. The maximum absolute atomic E-state index is 9.04. The van der Waals surface area contributed by atoms with Gasteiger partial charge in [0, 0.05) is 0 Å². The van der Waals surface area contributed by atoms with E-state index >= 15 is 0 Å². The molecule has 3 atom stereocenters. The second-order valence-corrected chi connectivity index (χ2v) is 2.45. The van der Waals surface area contributed by atoms with Gasteiger partial charge in [-0.15, -0.1) is 0 Å². The summed E-state index contributed by atoms with van der Waals surface area (Å²) in [5, 5.41) is 18.1. The van der Waals surface area contributed by atoms with Crippen LogP contribution in [-0.4, -0.2) is 33.7 Å². The SMILES string of the molecule is CC(N)N(C(C)O)C(C)O. The van der Waals surface area contributed by atoms with Crippen molar-refractivity contribution in [3.05, 3.63) is 0 Å². The van der Waals surface area contributed by atoms with Gasteiger partial charge in [0.25, 0.3) is 0 Å². The molecule has 0 aromatic carbocycles. The molecule has 4 N–H and O–H groups in total. The first-order chi connectivity index (χ1) is 4.46. The third-order valence-corrected chi connectivity index (χ3v) is 1.33. The van der Waals surface area contributed by atoms with Crippen molar-refractivity contribution in [1.82, 2.24) is 4.90 Å². The summed E-state index contributed by atoms with van der Waals surface area (Å²) in [7, 11) is 0. The predicted molar refractivity (Wildman–Crippen MR) is 38.9 cm³/mol. The molecular formula is C6H16N2O2. The topological polar surface area (TPSA) is 69.7 Å². The minimum atomic E-state index is -0.708. The lowest BCUT2D eigenvalue weighted by molar-refractivity contribution is -0.104. The van der Waals surface area contributed by atoms with E-state index in [1.807, 2.05) is 0 Å². The van der Waals surface area contributed by atoms with Gasteiger partial charge in [-0.3, -0.25) is 0 Å². The van der Waals surface area contributed by atoms with Gasteiger partial charge in [0.1, 0.15) is 12.5 Å². The molecule has 0 aromatic rings. The summed E-state index contributed by atoms with van der Waals surface area (Å²) in [6, 6.07) is 0. The first kappa shape index (κ1) is 9.84. The summed E-state index contributed by atoms with van der Waals surface area (Å²) in [6.07, 6.45) is -1.75. The van der Waals surface area contributed by atoms with Crippen molar-refractivity contribution < 1.29 is 10.2 Å². The van der Waals surface area contributed by atoms with Crippen molar-refractivity contribution >= 4 is 0 Å². The van der Waals surface area contributed by atoms with Crippen LogP contribution >= 0.6 is 0 Å². The first-order valence-corrected chi connectivity index (χ1v) is 3.36. The summed E-state index contributed by atoms with van der Waals surface area (Å²) >= 11 is 0. The van der Waals surface area contributed by atoms with Gasteiger partial charge in [0.2, 0.25) is 0 Å². The molecule has 62 valence electrons. The van der Waals surface area contributed by atoms with Crippen LogP contribution in [-0.2, 0) is 0 Å². The van der Waals surface area contributed by atoms with E-state index in [0.717, 1.165) is 0 Å². The molecule has 0 amide bonds. The van der Waals surface area contributed by atoms with E-state index in [1.165, 1.54) is 4.90 Å². The third-order valence-electron chi connectivity index (χ3n) is 1.33. The van der Waals surface area contributed by atoms with Crippen molar-refractivity contribution in [3.8, 4) is 0 Å². The first-order valence-electron chi connectivity index (χ1n) is 3.36. The van der Waals surface area contributed by atoms with Gasteiger partial charge in [-0.05, 0) is 20.8 Å². The van der Waals surface area contributed by atoms with Gasteiger partial charge < -0.3 is 15.9 Å². The van der Waals surface area contributed by atoms with Crippen molar-refractivity contribution in [2.75, 3.05) is 0 Å². The molecule has 0 aliphatic carbocycles. The molecule has 0 radical (unpaired) electrons. The molecule has 0 aromatic heterocycles. The number of nitrogens with zero attached hydrogens (tertiary/aromatic N) is 1. The highest BCUT2D eigenvalue weighted by Gasteiger charge is 2.18. The second-order valence-electron chi connectivity index (χ2n) is 2.45. The molecule has 0 fully saturated rings. The Morgan fingerprint density at radius 3 is 1.40 bits per heavy atom. The van der Waals surface area contributed by atoms with E-state index in [0.29, 0.717) is 0 Å². The highest BCUT2D eigenvalue weighted by atomic mass is 16.3. The zero-order valence-corrected chi connectivity index (χ0v) is 6.65. The van der Waals surface area contributed by atoms with Crippen LogP contribution in [0.4, 0.5) is 0 Å². The Morgan fingerprint density at radius 1 is 1.10 bits per heavy atom. The molecule has 0 saturated heterocycles. The van der Waals surface area contributed by atoms with Crippen molar-refractivity contribution in [1.29, 1.82) is 0 Å². The Balaban J connectivity index is 3.98. The summed E-state index contributed by atoms with van der Waals surface area (Å²) in [5.41, 5.74) is 5.44. The van der Waals surface area contributed by atoms with Gasteiger partial charge in [-0.2, -0.15) is 0 Å². The zero-order chi connectivity index (χ0) is 8.31. The lowest BCUT2D eigenvalue weighted by Gasteiger charge is -2.31. The van der Waals surface area contributed by atoms with Gasteiger partial charge in [-0.25, -0.2) is 4.90 Å². The van der Waals surface area contributed by atoms with Crippen molar-refractivity contribution in [3.63, 3.8) is 0 Å². The normalized spacial score (nSPS) is 20.7. The Hall–Kier alpha value is -0.160. The molecule has 0 saturated carbocycles. The van der Waals surface area contributed by atoms with Crippen LogP contribution in [0.3, 0.4) is 0 Å². The Kier molecular flexibility index (Phi) is 3.81. The van der Waals surface area contributed by atoms with E-state index in [2.05, 4.69) is 0 Å². The minimum absolute atomic E-state index is 0.333. The molecule has 0 rings (SSSR count). The highest BCUT2D eigenvalue weighted by Crippen LogP contribution is 2.02. The summed E-state index contributed by atoms with van der Waals surface area (Å²) < 4.78 is 0. The maximum Gasteiger partial charge on any atom is 0.107 e. The zero-order valence-electron chi connectivity index (χ0n) is 6.65. The Labute approximate surface area is 61.3 Å². The van der Waals surface area contributed by atoms with E-state index in [1.54, 1.807) is 20.8 Å². The average molecular weight is 148 g/mol. The summed E-state index contributed by atoms with van der Waals surface area (Å²) in [6.45, 7) is 4.84. The maximum atomic E-state index is 9.04. The number of hydrogen-bond acceptors (Lipinski definition) is 4. The molecule has 0 aliphatic heterocycles. The molecular weight excluding hydrogens is 132 g/mol. The molecule has 10 heavy (non-hydrogen) atoms. The molecule has 0 bridgehead atoms. The van der Waals surface area contributed by atoms with Gasteiger partial charge in [0.15, 0.2) is 0 Å². The number of rotatable bonds is 3. The number of aliphatic hydroxyl groups is 2. The monoisotopic (exact) mass is 148 g/mol. The summed E-state index contributed by atoms with van der Waals surface area (Å²) in [5.74, 6) is 0. The van der Waals surface area contributed by atoms with Crippen LogP contribution < -0.4 is 5.73 Å². The lowest BCUT2D eigenvalue weighted by Crippen LogP contribution is -2.50. The average Bonchev–Trinajstić information content (AvgIpc) is 1.59. The highest BCUT2D eigenvalue weighted by molar-refractivity contribution is 4.62. The summed E-state index contributed by atoms with van der Waals surface area (Å²) in [4.78, 5) is 1.39. The van der Waals surface area contributed by atoms with Crippen LogP contribution in [0.15, 0.2) is 0 Å². The van der Waals surface area contributed by atoms with Crippen LogP contribution in [0, 0.1) is 0 Å². The second kappa shape index (κ2) is 3.88. The lowest BCUT2D eigenvalue weighted by atomic mass is 10.4. The van der Waals surface area contributed by atoms with E-state index < -0.39 is 12.5 Å². The van der Waals surface area contributed by atoms with Crippen LogP contribution in [0.1, 0.15) is 20.8 Å². The predicted octanol–water partition coefficient (Wildman–Crippen LogP) is -0.730. The molecule has 4 nitrogen and oxygen atoms in total. The van der Waals surface area contributed by atoms with E-state index in [9.17, 15) is 0 Å². The van der Waals surface area contributed by atoms with Crippen molar-refractivity contribution in [2.24, 2.45) is 5.73 Å². The fourth-order valence-corrected chi connectivity index (χ4v) is 0.993. The Morgan fingerprint density at radius 2 is 1.40 bits per heavy atom. The molecule has 4 heteroatoms. The third kappa shape index (κ3) is 2.62. The van der Waals surface area contributed by atoms with Crippen LogP contribution in [0.2, 0.25) is 0 Å². The largest absolute Gasteiger partial charge is 0.379 e. The van der Waals surface area contributed by atoms with E-state index in [4.69, 9.17) is 15.9 Å². The fourth-order valence-electron chi connectivity index (χ4n) is 0.993. The smallest absolute Gasteiger partial charge is 0.107 e. The molecule has 3 unspecified atom stereocenters. The van der Waals surface area contributed by atoms with Crippen LogP contribution in [0.5, 0.6) is 0 Å². The minimum Gasteiger partial charge on any atom is -0.379 e. The molecule has 0 spiro atoms. The van der Waals surface area contributed by atoms with Crippen LogP contribution in [0.25, 0.3) is 0 Å². The Bertz CT molecular complexity index is 74.7. The van der Waals surface area contributed by atoms with Gasteiger partial charge in [-0.1, -0.05) is 0 Å².